The van der Waals surface area contributed by atoms with Crippen molar-refractivity contribution in [3.8, 4) is 0 Å². The largest absolute Gasteiger partial charge is 0.481 e. The lowest BCUT2D eigenvalue weighted by atomic mass is 10.1. The molecular formula is C10H17NO6S2. The van der Waals surface area contributed by atoms with Crippen molar-refractivity contribution in [2.45, 2.75) is 30.9 Å². The summed E-state index contributed by atoms with van der Waals surface area (Å²) in [5, 5.41) is 8.23. The van der Waals surface area contributed by atoms with E-state index in [9.17, 15) is 21.6 Å². The maximum atomic E-state index is 12.0. The van der Waals surface area contributed by atoms with Gasteiger partial charge >= 0.3 is 5.97 Å². The van der Waals surface area contributed by atoms with E-state index in [0.29, 0.717) is 12.8 Å². The van der Waals surface area contributed by atoms with Crippen LogP contribution in [0.15, 0.2) is 0 Å². The van der Waals surface area contributed by atoms with Gasteiger partial charge in [-0.3, -0.25) is 4.79 Å². The van der Waals surface area contributed by atoms with Crippen LogP contribution in [-0.2, 0) is 24.7 Å². The van der Waals surface area contributed by atoms with Crippen LogP contribution >= 0.6 is 0 Å². The first-order chi connectivity index (χ1) is 8.67. The van der Waals surface area contributed by atoms with Gasteiger partial charge in [0.25, 0.3) is 0 Å². The summed E-state index contributed by atoms with van der Waals surface area (Å²) in [7, 11) is -6.74. The molecule has 2 rings (SSSR count). The number of carbonyl (C=O) groups is 1. The van der Waals surface area contributed by atoms with Crippen LogP contribution in [0.2, 0.25) is 0 Å². The van der Waals surface area contributed by atoms with Crippen LogP contribution in [0.5, 0.6) is 0 Å². The summed E-state index contributed by atoms with van der Waals surface area (Å²) < 4.78 is 48.8. The van der Waals surface area contributed by atoms with Gasteiger partial charge in [0.15, 0.2) is 0 Å². The SMILES string of the molecule is O=C(O)C1(CNS(=O)(=O)C2CCS(=O)(=O)CC2)CC1. The van der Waals surface area contributed by atoms with Crippen molar-refractivity contribution in [1.82, 2.24) is 4.72 Å². The van der Waals surface area contributed by atoms with Gasteiger partial charge in [-0.2, -0.15) is 0 Å². The molecule has 0 bridgehead atoms. The van der Waals surface area contributed by atoms with E-state index in [0.717, 1.165) is 0 Å². The molecule has 0 amide bonds. The molecule has 110 valence electrons. The van der Waals surface area contributed by atoms with Crippen LogP contribution in [0.4, 0.5) is 0 Å². The molecule has 0 aromatic rings. The van der Waals surface area contributed by atoms with Gasteiger partial charge in [-0.25, -0.2) is 21.6 Å². The summed E-state index contributed by atoms with van der Waals surface area (Å²) in [5.41, 5.74) is -0.951. The third kappa shape index (κ3) is 3.26. The van der Waals surface area contributed by atoms with E-state index in [-0.39, 0.29) is 30.9 Å². The minimum Gasteiger partial charge on any atom is -0.481 e. The number of nitrogens with one attached hydrogen (secondary N) is 1. The number of carboxylic acid groups (broad SMARTS) is 1. The van der Waals surface area contributed by atoms with Crippen molar-refractivity contribution >= 4 is 25.8 Å². The van der Waals surface area contributed by atoms with E-state index in [1.54, 1.807) is 0 Å². The van der Waals surface area contributed by atoms with Crippen LogP contribution in [0.3, 0.4) is 0 Å². The summed E-state index contributed by atoms with van der Waals surface area (Å²) in [6, 6.07) is 0. The predicted octanol–water partition coefficient (Wildman–Crippen LogP) is -0.652. The lowest BCUT2D eigenvalue weighted by Gasteiger charge is -2.23. The van der Waals surface area contributed by atoms with Crippen molar-refractivity contribution in [2.75, 3.05) is 18.1 Å². The summed E-state index contributed by atoms with van der Waals surface area (Å²) >= 11 is 0. The van der Waals surface area contributed by atoms with E-state index in [4.69, 9.17) is 5.11 Å². The molecule has 0 radical (unpaired) electrons. The molecule has 0 spiro atoms. The molecule has 2 aliphatic rings. The molecule has 2 fully saturated rings. The lowest BCUT2D eigenvalue weighted by molar-refractivity contribution is -0.143. The highest BCUT2D eigenvalue weighted by atomic mass is 32.2. The number of hydrogen-bond donors (Lipinski definition) is 2. The Hall–Kier alpha value is -0.670. The Bertz CT molecular complexity index is 561. The first-order valence-electron chi connectivity index (χ1n) is 6.09. The molecule has 0 unspecified atom stereocenters. The second-order valence-electron chi connectivity index (χ2n) is 5.30. The normalized spacial score (nSPS) is 25.9. The second kappa shape index (κ2) is 4.71. The number of carboxylic acids is 1. The monoisotopic (exact) mass is 311 g/mol. The minimum atomic E-state index is -3.64. The fourth-order valence-corrected chi connectivity index (χ4v) is 5.51. The molecule has 2 N–H and O–H groups in total. The number of sulfonamides is 1. The third-order valence-corrected chi connectivity index (χ3v) is 7.47. The van der Waals surface area contributed by atoms with Crippen LogP contribution in [0, 0.1) is 5.41 Å². The smallest absolute Gasteiger partial charge is 0.310 e. The Balaban J connectivity index is 1.95. The lowest BCUT2D eigenvalue weighted by Crippen LogP contribution is -2.43. The molecule has 1 aliphatic carbocycles. The zero-order valence-electron chi connectivity index (χ0n) is 10.3. The van der Waals surface area contributed by atoms with Gasteiger partial charge in [-0.05, 0) is 25.7 Å². The van der Waals surface area contributed by atoms with Gasteiger partial charge in [-0.15, -0.1) is 0 Å². The summed E-state index contributed by atoms with van der Waals surface area (Å²) in [6.45, 7) is -0.103. The zero-order chi connectivity index (χ0) is 14.3. The van der Waals surface area contributed by atoms with Crippen LogP contribution < -0.4 is 4.72 Å². The molecule has 1 aliphatic heterocycles. The molecule has 0 aromatic heterocycles. The molecule has 0 aromatic carbocycles. The van der Waals surface area contributed by atoms with Crippen molar-refractivity contribution < 1.29 is 26.7 Å². The Kier molecular flexibility index (Phi) is 3.65. The van der Waals surface area contributed by atoms with Gasteiger partial charge in [-0.1, -0.05) is 0 Å². The average Bonchev–Trinajstić information content (AvgIpc) is 3.07. The third-order valence-electron chi connectivity index (χ3n) is 3.86. The van der Waals surface area contributed by atoms with Crippen molar-refractivity contribution in [1.29, 1.82) is 0 Å². The number of hydrogen-bond acceptors (Lipinski definition) is 5. The minimum absolute atomic E-state index is 0.0811. The highest BCUT2D eigenvalue weighted by Crippen LogP contribution is 2.45. The quantitative estimate of drug-likeness (QED) is 0.696. The van der Waals surface area contributed by atoms with E-state index in [2.05, 4.69) is 4.72 Å². The van der Waals surface area contributed by atoms with Crippen LogP contribution in [-0.4, -0.2) is 51.2 Å². The predicted molar refractivity (Wildman–Crippen MR) is 67.9 cm³/mol. The van der Waals surface area contributed by atoms with Crippen molar-refractivity contribution in [3.05, 3.63) is 0 Å². The number of sulfone groups is 1. The molecule has 19 heavy (non-hydrogen) atoms. The zero-order valence-corrected chi connectivity index (χ0v) is 12.0. The van der Waals surface area contributed by atoms with Gasteiger partial charge in [0.1, 0.15) is 9.84 Å². The average molecular weight is 311 g/mol. The highest BCUT2D eigenvalue weighted by Gasteiger charge is 2.51. The summed E-state index contributed by atoms with van der Waals surface area (Å²) in [6.07, 6.45) is 1.11. The molecule has 7 nitrogen and oxygen atoms in total. The Labute approximate surface area is 112 Å². The van der Waals surface area contributed by atoms with Gasteiger partial charge in [0.2, 0.25) is 10.0 Å². The van der Waals surface area contributed by atoms with Crippen molar-refractivity contribution in [3.63, 3.8) is 0 Å². The fourth-order valence-electron chi connectivity index (χ4n) is 2.15. The summed E-state index contributed by atoms with van der Waals surface area (Å²) in [5.74, 6) is -1.23. The molecule has 1 saturated carbocycles. The molecular weight excluding hydrogens is 294 g/mol. The van der Waals surface area contributed by atoms with E-state index in [1.165, 1.54) is 0 Å². The maximum absolute atomic E-state index is 12.0. The Morgan fingerprint density at radius 2 is 1.79 bits per heavy atom. The Morgan fingerprint density at radius 3 is 2.21 bits per heavy atom. The van der Waals surface area contributed by atoms with E-state index in [1.807, 2.05) is 0 Å². The molecule has 0 atom stereocenters. The standard InChI is InChI=1S/C10H17NO6S2/c12-9(13)10(3-4-10)7-11-19(16,17)8-1-5-18(14,15)6-2-8/h8,11H,1-7H2,(H,12,13). The van der Waals surface area contributed by atoms with Crippen LogP contribution in [0.1, 0.15) is 25.7 Å². The Morgan fingerprint density at radius 1 is 1.26 bits per heavy atom. The highest BCUT2D eigenvalue weighted by molar-refractivity contribution is 7.92. The van der Waals surface area contributed by atoms with E-state index >= 15 is 0 Å². The van der Waals surface area contributed by atoms with E-state index < -0.39 is 36.5 Å². The van der Waals surface area contributed by atoms with Crippen molar-refractivity contribution in [2.24, 2.45) is 5.41 Å². The molecule has 1 heterocycles. The molecule has 1 saturated heterocycles. The number of aliphatic carboxylic acids is 1. The van der Waals surface area contributed by atoms with Gasteiger partial charge in [0, 0.05) is 6.54 Å². The second-order valence-corrected chi connectivity index (χ2v) is 9.65. The first kappa shape index (κ1) is 14.7. The van der Waals surface area contributed by atoms with Crippen LogP contribution in [0.25, 0.3) is 0 Å². The first-order valence-corrected chi connectivity index (χ1v) is 9.46. The summed E-state index contributed by atoms with van der Waals surface area (Å²) in [4.78, 5) is 10.9. The number of rotatable bonds is 5. The fraction of sp³-hybridized carbons (Fsp3) is 0.900. The topological polar surface area (TPSA) is 118 Å². The molecule has 9 heteroatoms. The van der Waals surface area contributed by atoms with Gasteiger partial charge < -0.3 is 5.11 Å². The maximum Gasteiger partial charge on any atom is 0.310 e. The van der Waals surface area contributed by atoms with Gasteiger partial charge in [0.05, 0.1) is 22.2 Å².